The highest BCUT2D eigenvalue weighted by Gasteiger charge is 2.07. The second-order valence-corrected chi connectivity index (χ2v) is 4.95. The molecule has 0 radical (unpaired) electrons. The molecule has 0 saturated carbocycles. The van der Waals surface area contributed by atoms with Crippen LogP contribution in [-0.4, -0.2) is 24.0 Å². The molecule has 1 amide bonds. The molecule has 0 saturated heterocycles. The summed E-state index contributed by atoms with van der Waals surface area (Å²) in [6.07, 6.45) is 5.07. The molecule has 1 aromatic carbocycles. The van der Waals surface area contributed by atoms with Crippen LogP contribution >= 0.6 is 22.9 Å². The number of thiazole rings is 1. The van der Waals surface area contributed by atoms with Gasteiger partial charge in [-0.1, -0.05) is 28.9 Å². The molecule has 0 atom stereocenters. The fraction of sp³-hybridized carbons (Fsp3) is 0.167. The van der Waals surface area contributed by atoms with Crippen LogP contribution in [0.2, 0.25) is 5.02 Å². The van der Waals surface area contributed by atoms with Crippen LogP contribution in [0.1, 0.15) is 0 Å². The number of rotatable bonds is 4. The molecule has 0 fully saturated rings. The predicted molar refractivity (Wildman–Crippen MR) is 75.0 cm³/mol. The maximum absolute atomic E-state index is 11.5. The quantitative estimate of drug-likeness (QED) is 0.666. The maximum atomic E-state index is 11.5. The van der Waals surface area contributed by atoms with Crippen LogP contribution in [0.4, 0.5) is 5.13 Å². The van der Waals surface area contributed by atoms with Crippen molar-refractivity contribution in [2.24, 2.45) is 0 Å². The number of benzene rings is 1. The van der Waals surface area contributed by atoms with Crippen LogP contribution in [-0.2, 0) is 4.79 Å². The summed E-state index contributed by atoms with van der Waals surface area (Å²) in [4.78, 5) is 15.8. The monoisotopic (exact) mass is 279 g/mol. The third kappa shape index (κ3) is 3.20. The van der Waals surface area contributed by atoms with Crippen molar-refractivity contribution in [3.63, 3.8) is 0 Å². The first-order valence-corrected chi connectivity index (χ1v) is 6.38. The van der Waals surface area contributed by atoms with Crippen molar-refractivity contribution in [2.75, 3.05) is 18.4 Å². The zero-order chi connectivity index (χ0) is 13.0. The molecular weight excluding hydrogens is 270 g/mol. The number of nitrogens with zero attached hydrogens (tertiary/aromatic N) is 1. The Kier molecular flexibility index (Phi) is 4.15. The molecule has 1 aromatic heterocycles. The third-order valence-corrected chi connectivity index (χ3v) is 3.28. The molecule has 6 heteroatoms. The van der Waals surface area contributed by atoms with Crippen LogP contribution in [0, 0.1) is 12.3 Å². The number of hydrogen-bond donors (Lipinski definition) is 2. The fourth-order valence-corrected chi connectivity index (χ4v) is 2.52. The van der Waals surface area contributed by atoms with Gasteiger partial charge < -0.3 is 5.32 Å². The summed E-state index contributed by atoms with van der Waals surface area (Å²) in [7, 11) is 0. The average Bonchev–Trinajstić information content (AvgIpc) is 2.70. The van der Waals surface area contributed by atoms with Gasteiger partial charge in [0.15, 0.2) is 5.13 Å². The number of anilines is 1. The second-order valence-electron chi connectivity index (χ2n) is 3.49. The van der Waals surface area contributed by atoms with Gasteiger partial charge in [-0.2, -0.15) is 0 Å². The number of halogens is 1. The Bertz CT molecular complexity index is 617. The highest BCUT2D eigenvalue weighted by Crippen LogP contribution is 2.28. The lowest BCUT2D eigenvalue weighted by Gasteiger charge is -2.00. The van der Waals surface area contributed by atoms with Gasteiger partial charge in [-0.25, -0.2) is 4.98 Å². The first-order valence-electron chi connectivity index (χ1n) is 5.19. The van der Waals surface area contributed by atoms with Crippen molar-refractivity contribution in [3.05, 3.63) is 23.2 Å². The number of amides is 1. The number of carbonyl (C=O) groups is 1. The zero-order valence-electron chi connectivity index (χ0n) is 9.37. The zero-order valence-corrected chi connectivity index (χ0v) is 10.9. The van der Waals surface area contributed by atoms with E-state index in [9.17, 15) is 4.79 Å². The molecule has 18 heavy (non-hydrogen) atoms. The molecule has 1 heterocycles. The predicted octanol–water partition coefficient (Wildman–Crippen LogP) is 2.11. The smallest absolute Gasteiger partial charge is 0.240 e. The van der Waals surface area contributed by atoms with E-state index in [1.54, 1.807) is 6.07 Å². The van der Waals surface area contributed by atoms with Crippen LogP contribution in [0.5, 0.6) is 0 Å². The van der Waals surface area contributed by atoms with Crippen LogP contribution in [0.25, 0.3) is 10.2 Å². The van der Waals surface area contributed by atoms with Crippen molar-refractivity contribution in [2.45, 2.75) is 0 Å². The number of aromatic nitrogens is 1. The van der Waals surface area contributed by atoms with E-state index in [4.69, 9.17) is 18.0 Å². The third-order valence-electron chi connectivity index (χ3n) is 2.11. The Morgan fingerprint density at radius 2 is 2.39 bits per heavy atom. The molecule has 4 nitrogen and oxygen atoms in total. The highest BCUT2D eigenvalue weighted by molar-refractivity contribution is 7.22. The maximum Gasteiger partial charge on any atom is 0.240 e. The Labute approximate surface area is 113 Å². The van der Waals surface area contributed by atoms with Gasteiger partial charge >= 0.3 is 0 Å². The number of fused-ring (bicyclic) bond motifs is 1. The van der Waals surface area contributed by atoms with E-state index in [0.29, 0.717) is 16.7 Å². The SMILES string of the molecule is C#CCNCC(=O)Nc1nc2ccc(Cl)cc2s1. The minimum absolute atomic E-state index is 0.168. The molecule has 0 unspecified atom stereocenters. The molecule has 0 spiro atoms. The Morgan fingerprint density at radius 1 is 1.56 bits per heavy atom. The molecule has 2 N–H and O–H groups in total. The number of terminal acetylenes is 1. The fourth-order valence-electron chi connectivity index (χ4n) is 1.36. The lowest BCUT2D eigenvalue weighted by atomic mass is 10.3. The van der Waals surface area contributed by atoms with Crippen molar-refractivity contribution < 1.29 is 4.79 Å². The van der Waals surface area contributed by atoms with Crippen molar-refractivity contribution in [1.82, 2.24) is 10.3 Å². The van der Waals surface area contributed by atoms with Gasteiger partial charge in [-0.3, -0.25) is 10.1 Å². The molecule has 0 bridgehead atoms. The summed E-state index contributed by atoms with van der Waals surface area (Å²) in [5.41, 5.74) is 0.816. The van der Waals surface area contributed by atoms with Crippen LogP contribution in [0.3, 0.4) is 0 Å². The standard InChI is InChI=1S/C12H10ClN3OS/c1-2-5-14-7-11(17)16-12-15-9-4-3-8(13)6-10(9)18-12/h1,3-4,6,14H,5,7H2,(H,15,16,17). The van der Waals surface area contributed by atoms with E-state index in [2.05, 4.69) is 21.5 Å². The van der Waals surface area contributed by atoms with Crippen molar-refractivity contribution in [1.29, 1.82) is 0 Å². The first-order chi connectivity index (χ1) is 8.69. The molecule has 0 aliphatic rings. The van der Waals surface area contributed by atoms with Gasteiger partial charge in [-0.05, 0) is 18.2 Å². The molecule has 2 aromatic rings. The summed E-state index contributed by atoms with van der Waals surface area (Å²) in [6.45, 7) is 0.532. The Morgan fingerprint density at radius 3 is 3.17 bits per heavy atom. The number of carbonyl (C=O) groups excluding carboxylic acids is 1. The summed E-state index contributed by atoms with van der Waals surface area (Å²) >= 11 is 7.26. The summed E-state index contributed by atoms with van der Waals surface area (Å²) in [5, 5.41) is 6.72. The van der Waals surface area contributed by atoms with Gasteiger partial charge in [0, 0.05) is 5.02 Å². The van der Waals surface area contributed by atoms with Crippen LogP contribution in [0.15, 0.2) is 18.2 Å². The molecule has 0 aliphatic carbocycles. The lowest BCUT2D eigenvalue weighted by Crippen LogP contribution is -2.28. The van der Waals surface area contributed by atoms with E-state index < -0.39 is 0 Å². The number of hydrogen-bond acceptors (Lipinski definition) is 4. The average molecular weight is 280 g/mol. The van der Waals surface area contributed by atoms with E-state index in [1.807, 2.05) is 12.1 Å². The van der Waals surface area contributed by atoms with Crippen molar-refractivity contribution >= 4 is 44.2 Å². The van der Waals surface area contributed by atoms with Gasteiger partial charge in [0.25, 0.3) is 0 Å². The highest BCUT2D eigenvalue weighted by atomic mass is 35.5. The Balaban J connectivity index is 2.03. The van der Waals surface area contributed by atoms with Gasteiger partial charge in [0.1, 0.15) is 0 Å². The molecule has 0 aliphatic heterocycles. The summed E-state index contributed by atoms with van der Waals surface area (Å²) in [6, 6.07) is 5.41. The second kappa shape index (κ2) is 5.83. The number of nitrogens with one attached hydrogen (secondary N) is 2. The molecule has 2 rings (SSSR count). The molecular formula is C12H10ClN3OS. The van der Waals surface area contributed by atoms with E-state index in [1.165, 1.54) is 11.3 Å². The van der Waals surface area contributed by atoms with Gasteiger partial charge in [0.05, 0.1) is 23.3 Å². The minimum atomic E-state index is -0.171. The minimum Gasteiger partial charge on any atom is -0.301 e. The first kappa shape index (κ1) is 12.8. The van der Waals surface area contributed by atoms with Gasteiger partial charge in [-0.15, -0.1) is 6.42 Å². The topological polar surface area (TPSA) is 54.0 Å². The summed E-state index contributed by atoms with van der Waals surface area (Å²) in [5.74, 6) is 2.22. The van der Waals surface area contributed by atoms with E-state index in [0.717, 1.165) is 10.2 Å². The lowest BCUT2D eigenvalue weighted by molar-refractivity contribution is -0.115. The molecule has 92 valence electrons. The van der Waals surface area contributed by atoms with Crippen LogP contribution < -0.4 is 10.6 Å². The Hall–Kier alpha value is -1.61. The van der Waals surface area contributed by atoms with Gasteiger partial charge in [0.2, 0.25) is 5.91 Å². The summed E-state index contributed by atoms with van der Waals surface area (Å²) < 4.78 is 0.939. The normalized spacial score (nSPS) is 10.2. The van der Waals surface area contributed by atoms with E-state index >= 15 is 0 Å². The largest absolute Gasteiger partial charge is 0.301 e. The van der Waals surface area contributed by atoms with E-state index in [-0.39, 0.29) is 12.5 Å². The van der Waals surface area contributed by atoms with Crippen molar-refractivity contribution in [3.8, 4) is 12.3 Å².